The van der Waals surface area contributed by atoms with E-state index in [1.54, 1.807) is 11.3 Å². The summed E-state index contributed by atoms with van der Waals surface area (Å²) in [5, 5.41) is 4.25. The van der Waals surface area contributed by atoms with Crippen molar-refractivity contribution in [2.45, 2.75) is 52.1 Å². The lowest BCUT2D eigenvalue weighted by molar-refractivity contribution is 0.205. The maximum atomic E-state index is 12.1. The summed E-state index contributed by atoms with van der Waals surface area (Å²) in [4.78, 5) is 21.6. The molecule has 3 rings (SSSR count). The summed E-state index contributed by atoms with van der Waals surface area (Å²) in [6, 6.07) is 0. The molecule has 1 fully saturated rings. The Balaban J connectivity index is 1.91. The van der Waals surface area contributed by atoms with Crippen molar-refractivity contribution in [2.24, 2.45) is 0 Å². The second kappa shape index (κ2) is 4.42. The standard InChI is InChI=1S/C14H19N3OS/c1-8-9(2)19-13-11(8)12(18)16-10(17-13)7-15-14(3)5-4-6-14/h15H,4-7H2,1-3H3,(H,16,17,18). The van der Waals surface area contributed by atoms with Gasteiger partial charge in [0.1, 0.15) is 10.7 Å². The first-order chi connectivity index (χ1) is 8.98. The SMILES string of the molecule is Cc1sc2nc(CNC3(C)CCC3)[nH]c(=O)c2c1C. The van der Waals surface area contributed by atoms with Crippen molar-refractivity contribution in [1.82, 2.24) is 15.3 Å². The Hall–Kier alpha value is -1.20. The number of hydrogen-bond acceptors (Lipinski definition) is 4. The van der Waals surface area contributed by atoms with Crippen LogP contribution >= 0.6 is 11.3 Å². The number of hydrogen-bond donors (Lipinski definition) is 2. The van der Waals surface area contributed by atoms with Crippen LogP contribution in [0.2, 0.25) is 0 Å². The normalized spacial score (nSPS) is 17.6. The summed E-state index contributed by atoms with van der Waals surface area (Å²) in [5.41, 5.74) is 1.27. The van der Waals surface area contributed by atoms with Crippen LogP contribution < -0.4 is 10.9 Å². The van der Waals surface area contributed by atoms with E-state index in [2.05, 4.69) is 22.2 Å². The van der Waals surface area contributed by atoms with Crippen LogP contribution in [0.15, 0.2) is 4.79 Å². The molecular weight excluding hydrogens is 258 g/mol. The van der Waals surface area contributed by atoms with Crippen molar-refractivity contribution in [3.63, 3.8) is 0 Å². The lowest BCUT2D eigenvalue weighted by atomic mass is 9.78. The van der Waals surface area contributed by atoms with Crippen molar-refractivity contribution in [1.29, 1.82) is 0 Å². The van der Waals surface area contributed by atoms with Gasteiger partial charge in [-0.3, -0.25) is 4.79 Å². The minimum absolute atomic E-state index is 0.0117. The van der Waals surface area contributed by atoms with Gasteiger partial charge in [-0.15, -0.1) is 11.3 Å². The molecule has 5 heteroatoms. The van der Waals surface area contributed by atoms with Crippen molar-refractivity contribution in [3.8, 4) is 0 Å². The molecule has 2 aromatic rings. The second-order valence-electron chi connectivity index (χ2n) is 5.74. The summed E-state index contributed by atoms with van der Waals surface area (Å²) in [6.45, 7) is 6.89. The summed E-state index contributed by atoms with van der Waals surface area (Å²) >= 11 is 1.60. The Morgan fingerprint density at radius 2 is 2.16 bits per heavy atom. The van der Waals surface area contributed by atoms with E-state index < -0.39 is 0 Å². The van der Waals surface area contributed by atoms with E-state index in [1.807, 2.05) is 13.8 Å². The lowest BCUT2D eigenvalue weighted by Crippen LogP contribution is -2.47. The van der Waals surface area contributed by atoms with Gasteiger partial charge in [0.15, 0.2) is 0 Å². The number of aryl methyl sites for hydroxylation is 2. The van der Waals surface area contributed by atoms with E-state index in [0.29, 0.717) is 6.54 Å². The molecular formula is C14H19N3OS. The van der Waals surface area contributed by atoms with Crippen molar-refractivity contribution in [3.05, 3.63) is 26.6 Å². The molecule has 2 N–H and O–H groups in total. The summed E-state index contributed by atoms with van der Waals surface area (Å²) in [6.07, 6.45) is 3.70. The molecule has 2 heterocycles. The molecule has 0 amide bonds. The molecule has 2 aromatic heterocycles. The third kappa shape index (κ3) is 2.21. The summed E-state index contributed by atoms with van der Waals surface area (Å²) < 4.78 is 0. The molecule has 0 aliphatic heterocycles. The molecule has 4 nitrogen and oxygen atoms in total. The monoisotopic (exact) mass is 277 g/mol. The van der Waals surface area contributed by atoms with Crippen LogP contribution in [0.1, 0.15) is 42.5 Å². The molecule has 0 spiro atoms. The maximum Gasteiger partial charge on any atom is 0.259 e. The average Bonchev–Trinajstić information content (AvgIpc) is 2.60. The number of fused-ring (bicyclic) bond motifs is 1. The number of H-pyrrole nitrogens is 1. The van der Waals surface area contributed by atoms with Crippen LogP contribution in [-0.2, 0) is 6.54 Å². The van der Waals surface area contributed by atoms with Crippen molar-refractivity contribution >= 4 is 21.6 Å². The molecule has 0 saturated heterocycles. The number of aromatic amines is 1. The van der Waals surface area contributed by atoms with Crippen LogP contribution in [-0.4, -0.2) is 15.5 Å². The highest BCUT2D eigenvalue weighted by atomic mass is 32.1. The highest BCUT2D eigenvalue weighted by molar-refractivity contribution is 7.18. The molecule has 1 aliphatic carbocycles. The van der Waals surface area contributed by atoms with Gasteiger partial charge in [0.2, 0.25) is 0 Å². The predicted octanol–water partition coefficient (Wildman–Crippen LogP) is 2.63. The molecule has 0 unspecified atom stereocenters. The topological polar surface area (TPSA) is 57.8 Å². The Labute approximate surface area is 116 Å². The molecule has 0 atom stereocenters. The predicted molar refractivity (Wildman–Crippen MR) is 78.8 cm³/mol. The summed E-state index contributed by atoms with van der Waals surface area (Å²) in [5.74, 6) is 0.742. The first-order valence-electron chi connectivity index (χ1n) is 6.72. The molecule has 102 valence electrons. The van der Waals surface area contributed by atoms with E-state index in [4.69, 9.17) is 0 Å². The van der Waals surface area contributed by atoms with Gasteiger partial charge in [0.25, 0.3) is 5.56 Å². The lowest BCUT2D eigenvalue weighted by Gasteiger charge is -2.39. The number of aromatic nitrogens is 2. The van der Waals surface area contributed by atoms with E-state index >= 15 is 0 Å². The molecule has 1 saturated carbocycles. The Kier molecular flexibility index (Phi) is 2.98. The van der Waals surface area contributed by atoms with Crippen LogP contribution in [0.5, 0.6) is 0 Å². The van der Waals surface area contributed by atoms with Crippen LogP contribution in [0.3, 0.4) is 0 Å². The fourth-order valence-electron chi connectivity index (χ4n) is 2.56. The Bertz CT molecular complexity index is 682. The highest BCUT2D eigenvalue weighted by Crippen LogP contribution is 2.31. The van der Waals surface area contributed by atoms with E-state index in [1.165, 1.54) is 24.1 Å². The summed E-state index contributed by atoms with van der Waals surface area (Å²) in [7, 11) is 0. The number of nitrogens with zero attached hydrogens (tertiary/aromatic N) is 1. The molecule has 1 aliphatic rings. The first-order valence-corrected chi connectivity index (χ1v) is 7.54. The van der Waals surface area contributed by atoms with E-state index in [-0.39, 0.29) is 11.1 Å². The Morgan fingerprint density at radius 3 is 2.79 bits per heavy atom. The van der Waals surface area contributed by atoms with Crippen LogP contribution in [0, 0.1) is 13.8 Å². The molecule has 0 radical (unpaired) electrons. The number of nitrogens with one attached hydrogen (secondary N) is 2. The Morgan fingerprint density at radius 1 is 1.42 bits per heavy atom. The maximum absolute atomic E-state index is 12.1. The molecule has 0 aromatic carbocycles. The van der Waals surface area contributed by atoms with Gasteiger partial charge in [0, 0.05) is 10.4 Å². The van der Waals surface area contributed by atoms with Crippen molar-refractivity contribution in [2.75, 3.05) is 0 Å². The van der Waals surface area contributed by atoms with Gasteiger partial charge in [-0.05, 0) is 45.6 Å². The van der Waals surface area contributed by atoms with E-state index in [0.717, 1.165) is 21.6 Å². The fraction of sp³-hybridized carbons (Fsp3) is 0.571. The first kappa shape index (κ1) is 12.8. The van der Waals surface area contributed by atoms with E-state index in [9.17, 15) is 4.79 Å². The van der Waals surface area contributed by atoms with Gasteiger partial charge < -0.3 is 10.3 Å². The smallest absolute Gasteiger partial charge is 0.259 e. The minimum atomic E-state index is -0.0117. The third-order valence-corrected chi connectivity index (χ3v) is 5.33. The zero-order chi connectivity index (χ0) is 13.6. The van der Waals surface area contributed by atoms with Gasteiger partial charge >= 0.3 is 0 Å². The highest BCUT2D eigenvalue weighted by Gasteiger charge is 2.31. The van der Waals surface area contributed by atoms with Gasteiger partial charge in [-0.1, -0.05) is 0 Å². The van der Waals surface area contributed by atoms with Crippen LogP contribution in [0.25, 0.3) is 10.2 Å². The largest absolute Gasteiger partial charge is 0.309 e. The molecule has 19 heavy (non-hydrogen) atoms. The average molecular weight is 277 g/mol. The van der Waals surface area contributed by atoms with Gasteiger partial charge in [-0.2, -0.15) is 0 Å². The van der Waals surface area contributed by atoms with Gasteiger partial charge in [0.05, 0.1) is 11.9 Å². The van der Waals surface area contributed by atoms with Crippen LogP contribution in [0.4, 0.5) is 0 Å². The minimum Gasteiger partial charge on any atom is -0.309 e. The third-order valence-electron chi connectivity index (χ3n) is 4.23. The molecule has 0 bridgehead atoms. The number of thiophene rings is 1. The second-order valence-corrected chi connectivity index (χ2v) is 6.95. The zero-order valence-electron chi connectivity index (χ0n) is 11.6. The quantitative estimate of drug-likeness (QED) is 0.906. The number of rotatable bonds is 3. The fourth-order valence-corrected chi connectivity index (χ4v) is 3.61. The zero-order valence-corrected chi connectivity index (χ0v) is 12.4. The van der Waals surface area contributed by atoms with Crippen molar-refractivity contribution < 1.29 is 0 Å². The van der Waals surface area contributed by atoms with Gasteiger partial charge in [-0.25, -0.2) is 4.98 Å².